The Morgan fingerprint density at radius 3 is 2.55 bits per heavy atom. The Labute approximate surface area is 119 Å². The summed E-state index contributed by atoms with van der Waals surface area (Å²) in [6.07, 6.45) is 0.784. The molecule has 2 rings (SSSR count). The van der Waals surface area contributed by atoms with Crippen LogP contribution in [0.2, 0.25) is 0 Å². The molecule has 0 aromatic heterocycles. The van der Waals surface area contributed by atoms with Gasteiger partial charge in [0.15, 0.2) is 0 Å². The Morgan fingerprint density at radius 2 is 2.05 bits per heavy atom. The molecule has 0 bridgehead atoms. The van der Waals surface area contributed by atoms with Crippen molar-refractivity contribution in [3.63, 3.8) is 0 Å². The minimum Gasteiger partial charge on any atom is -0.313 e. The molecule has 4 nitrogen and oxygen atoms in total. The van der Waals surface area contributed by atoms with Gasteiger partial charge in [-0.1, -0.05) is 26.8 Å². The predicted molar refractivity (Wildman–Crippen MR) is 76.3 cm³/mol. The third-order valence-corrected chi connectivity index (χ3v) is 5.18. The zero-order valence-corrected chi connectivity index (χ0v) is 12.8. The highest BCUT2D eigenvalue weighted by Gasteiger charge is 2.48. The van der Waals surface area contributed by atoms with E-state index in [9.17, 15) is 12.8 Å². The number of hydrogen-bond donors (Lipinski definition) is 2. The molecule has 1 aliphatic rings. The van der Waals surface area contributed by atoms with E-state index < -0.39 is 15.8 Å². The molecule has 112 valence electrons. The van der Waals surface area contributed by atoms with Crippen LogP contribution in [0.25, 0.3) is 0 Å². The van der Waals surface area contributed by atoms with Crippen molar-refractivity contribution in [3.8, 4) is 0 Å². The van der Waals surface area contributed by atoms with E-state index >= 15 is 0 Å². The molecule has 0 heterocycles. The van der Waals surface area contributed by atoms with Crippen LogP contribution in [0.5, 0.6) is 0 Å². The van der Waals surface area contributed by atoms with Crippen LogP contribution in [0.3, 0.4) is 0 Å². The zero-order valence-electron chi connectivity index (χ0n) is 12.0. The van der Waals surface area contributed by atoms with Crippen molar-refractivity contribution < 1.29 is 12.8 Å². The smallest absolute Gasteiger partial charge is 0.243 e. The molecule has 0 radical (unpaired) electrons. The van der Waals surface area contributed by atoms with Gasteiger partial charge >= 0.3 is 0 Å². The summed E-state index contributed by atoms with van der Waals surface area (Å²) >= 11 is 0. The molecule has 0 aliphatic heterocycles. The molecule has 0 saturated heterocycles. The fourth-order valence-electron chi connectivity index (χ4n) is 2.06. The molecule has 0 spiro atoms. The predicted octanol–water partition coefficient (Wildman–Crippen LogP) is 2.01. The first kappa shape index (κ1) is 15.4. The maximum absolute atomic E-state index is 14.0. The molecule has 6 heteroatoms. The average molecular weight is 300 g/mol. The molecule has 1 aliphatic carbocycles. The van der Waals surface area contributed by atoms with Crippen molar-refractivity contribution in [3.05, 3.63) is 29.6 Å². The highest BCUT2D eigenvalue weighted by atomic mass is 32.2. The maximum Gasteiger partial charge on any atom is 0.243 e. The van der Waals surface area contributed by atoms with Gasteiger partial charge in [0.25, 0.3) is 0 Å². The number of nitrogens with one attached hydrogen (secondary N) is 2. The number of sulfonamides is 1. The summed E-state index contributed by atoms with van der Waals surface area (Å²) in [4.78, 5) is -0.277. The van der Waals surface area contributed by atoms with Crippen LogP contribution in [0.1, 0.15) is 32.8 Å². The van der Waals surface area contributed by atoms with Gasteiger partial charge in [0, 0.05) is 12.6 Å². The Hall–Kier alpha value is -0.980. The second-order valence-corrected chi connectivity index (χ2v) is 7.59. The first-order valence-electron chi connectivity index (χ1n) is 6.78. The molecule has 20 heavy (non-hydrogen) atoms. The number of benzene rings is 1. The van der Waals surface area contributed by atoms with Crippen molar-refractivity contribution in [2.24, 2.45) is 5.41 Å². The largest absolute Gasteiger partial charge is 0.313 e. The highest BCUT2D eigenvalue weighted by Crippen LogP contribution is 2.45. The van der Waals surface area contributed by atoms with E-state index in [1.165, 1.54) is 12.1 Å². The fourth-order valence-corrected chi connectivity index (χ4v) is 3.53. The summed E-state index contributed by atoms with van der Waals surface area (Å²) in [6.45, 7) is 7.22. The minimum absolute atomic E-state index is 0.0332. The molecule has 1 aromatic rings. The van der Waals surface area contributed by atoms with Crippen LogP contribution >= 0.6 is 0 Å². The van der Waals surface area contributed by atoms with Gasteiger partial charge in [-0.2, -0.15) is 0 Å². The van der Waals surface area contributed by atoms with E-state index in [4.69, 9.17) is 0 Å². The number of halogens is 1. The van der Waals surface area contributed by atoms with E-state index in [1.54, 1.807) is 6.07 Å². The second kappa shape index (κ2) is 5.42. The normalized spacial score (nSPS) is 20.9. The van der Waals surface area contributed by atoms with Crippen LogP contribution in [0, 0.1) is 11.2 Å². The van der Waals surface area contributed by atoms with E-state index in [0.717, 1.165) is 18.5 Å². The highest BCUT2D eigenvalue weighted by molar-refractivity contribution is 7.89. The lowest BCUT2D eigenvalue weighted by molar-refractivity contribution is 0.540. The first-order chi connectivity index (χ1) is 9.26. The second-order valence-electron chi connectivity index (χ2n) is 5.91. The molecule has 1 unspecified atom stereocenters. The lowest BCUT2D eigenvalue weighted by Gasteiger charge is -2.10. The Morgan fingerprint density at radius 1 is 1.40 bits per heavy atom. The summed E-state index contributed by atoms with van der Waals surface area (Å²) in [7, 11) is -3.78. The molecule has 0 amide bonds. The van der Waals surface area contributed by atoms with Gasteiger partial charge in [0.1, 0.15) is 10.7 Å². The molecule has 2 N–H and O–H groups in total. The van der Waals surface area contributed by atoms with Gasteiger partial charge in [0.05, 0.1) is 0 Å². The van der Waals surface area contributed by atoms with Gasteiger partial charge in [0.2, 0.25) is 10.0 Å². The van der Waals surface area contributed by atoms with Crippen molar-refractivity contribution in [2.45, 2.75) is 44.7 Å². The summed E-state index contributed by atoms with van der Waals surface area (Å²) in [5, 5.41) is 3.07. The van der Waals surface area contributed by atoms with Crippen LogP contribution in [0.15, 0.2) is 23.1 Å². The Bertz CT molecular complexity index is 599. The standard InChI is InChI=1S/C14H21FN2O2S/c1-4-16-9-10-5-6-12(11(15)7-10)20(18,19)17-13-8-14(13,2)3/h5-7,13,16-17H,4,8-9H2,1-3H3. The average Bonchev–Trinajstić information content (AvgIpc) is 2.92. The van der Waals surface area contributed by atoms with Crippen molar-refractivity contribution in [1.29, 1.82) is 0 Å². The van der Waals surface area contributed by atoms with E-state index in [-0.39, 0.29) is 16.4 Å². The summed E-state index contributed by atoms with van der Waals surface area (Å²) < 4.78 is 40.8. The third kappa shape index (κ3) is 3.37. The third-order valence-electron chi connectivity index (χ3n) is 3.68. The van der Waals surface area contributed by atoms with Crippen LogP contribution in [-0.4, -0.2) is 21.0 Å². The van der Waals surface area contributed by atoms with Gasteiger partial charge in [-0.25, -0.2) is 17.5 Å². The number of hydrogen-bond acceptors (Lipinski definition) is 3. The van der Waals surface area contributed by atoms with Crippen LogP contribution in [0.4, 0.5) is 4.39 Å². The minimum atomic E-state index is -3.78. The summed E-state index contributed by atoms with van der Waals surface area (Å²) in [5.74, 6) is -0.702. The lowest BCUT2D eigenvalue weighted by atomic mass is 10.2. The molecular formula is C14H21FN2O2S. The molecular weight excluding hydrogens is 279 g/mol. The van der Waals surface area contributed by atoms with Gasteiger partial charge in [-0.05, 0) is 36.1 Å². The maximum atomic E-state index is 14.0. The topological polar surface area (TPSA) is 58.2 Å². The summed E-state index contributed by atoms with van der Waals surface area (Å²) in [6, 6.07) is 4.14. The Kier molecular flexibility index (Phi) is 4.18. The lowest BCUT2D eigenvalue weighted by Crippen LogP contribution is -2.29. The van der Waals surface area contributed by atoms with Gasteiger partial charge in [-0.15, -0.1) is 0 Å². The van der Waals surface area contributed by atoms with E-state index in [0.29, 0.717) is 6.54 Å². The van der Waals surface area contributed by atoms with Crippen molar-refractivity contribution in [1.82, 2.24) is 10.0 Å². The molecule has 1 atom stereocenters. The Balaban J connectivity index is 2.15. The first-order valence-corrected chi connectivity index (χ1v) is 8.26. The summed E-state index contributed by atoms with van der Waals surface area (Å²) in [5.41, 5.74) is 0.698. The SMILES string of the molecule is CCNCc1ccc(S(=O)(=O)NC2CC2(C)C)c(F)c1. The molecule has 1 aromatic carbocycles. The fraction of sp³-hybridized carbons (Fsp3) is 0.571. The van der Waals surface area contributed by atoms with Crippen molar-refractivity contribution >= 4 is 10.0 Å². The van der Waals surface area contributed by atoms with E-state index in [2.05, 4.69) is 10.0 Å². The zero-order chi connectivity index (χ0) is 15.0. The van der Waals surface area contributed by atoms with Crippen LogP contribution in [-0.2, 0) is 16.6 Å². The van der Waals surface area contributed by atoms with Gasteiger partial charge in [-0.3, -0.25) is 0 Å². The van der Waals surface area contributed by atoms with Crippen molar-refractivity contribution in [2.75, 3.05) is 6.54 Å². The van der Waals surface area contributed by atoms with Crippen LogP contribution < -0.4 is 10.0 Å². The molecule has 1 fully saturated rings. The number of rotatable bonds is 6. The monoisotopic (exact) mass is 300 g/mol. The van der Waals surface area contributed by atoms with Gasteiger partial charge < -0.3 is 5.32 Å². The quantitative estimate of drug-likeness (QED) is 0.845. The molecule has 1 saturated carbocycles. The van der Waals surface area contributed by atoms with E-state index in [1.807, 2.05) is 20.8 Å².